The first kappa shape index (κ1) is 21.1. The highest BCUT2D eigenvalue weighted by molar-refractivity contribution is 6.44. The lowest BCUT2D eigenvalue weighted by Gasteiger charge is -2.36. The monoisotopic (exact) mass is 442 g/mol. The van der Waals surface area contributed by atoms with Crippen molar-refractivity contribution in [3.8, 4) is 5.75 Å². The molecule has 0 bridgehead atoms. The number of piperazine rings is 1. The number of benzene rings is 2. The van der Waals surface area contributed by atoms with E-state index in [4.69, 9.17) is 39.5 Å². The molecule has 1 heterocycles. The van der Waals surface area contributed by atoms with Crippen LogP contribution in [-0.2, 0) is 4.79 Å². The molecule has 3 rings (SSSR count). The lowest BCUT2D eigenvalue weighted by molar-refractivity contribution is -0.914. The number of nitrogens with one attached hydrogen (secondary N) is 2. The maximum Gasteiger partial charge on any atom is 0.282 e. The van der Waals surface area contributed by atoms with Gasteiger partial charge in [-0.15, -0.1) is 0 Å². The summed E-state index contributed by atoms with van der Waals surface area (Å²) in [4.78, 5) is 16.2. The predicted octanol–water partition coefficient (Wildman–Crippen LogP) is 3.39. The van der Waals surface area contributed by atoms with Gasteiger partial charge in [-0.05, 0) is 31.2 Å². The standard InChI is InChI=1S/C20H22Cl3N3O2/c1-13(20(27)24-17-12-15(22)14(21)11-16(17)23)25-7-9-26(10-8-25)18-5-3-4-6-19(18)28-2/h3-6,11-13H,7-10H2,1-2H3,(H,24,27)/p+1/t13-/m0/s1. The van der Waals surface area contributed by atoms with Gasteiger partial charge in [0.05, 0.1) is 59.7 Å². The van der Waals surface area contributed by atoms with E-state index in [1.807, 2.05) is 25.1 Å². The lowest BCUT2D eigenvalue weighted by Crippen LogP contribution is -3.19. The summed E-state index contributed by atoms with van der Waals surface area (Å²) < 4.78 is 5.46. The Morgan fingerprint density at radius 2 is 1.75 bits per heavy atom. The molecule has 2 aromatic carbocycles. The molecule has 2 aromatic rings. The van der Waals surface area contributed by atoms with E-state index in [-0.39, 0.29) is 11.9 Å². The quantitative estimate of drug-likeness (QED) is 0.696. The second-order valence-corrected chi connectivity index (χ2v) is 8.00. The van der Waals surface area contributed by atoms with Crippen LogP contribution in [0.1, 0.15) is 6.92 Å². The third-order valence-corrected chi connectivity index (χ3v) is 6.14. The van der Waals surface area contributed by atoms with Crippen LogP contribution in [0.3, 0.4) is 0 Å². The molecule has 5 nitrogen and oxygen atoms in total. The fourth-order valence-corrected chi connectivity index (χ4v) is 4.00. The average Bonchev–Trinajstić information content (AvgIpc) is 2.71. The number of para-hydroxylation sites is 2. The topological polar surface area (TPSA) is 46.0 Å². The Balaban J connectivity index is 1.61. The Morgan fingerprint density at radius 3 is 2.43 bits per heavy atom. The van der Waals surface area contributed by atoms with Gasteiger partial charge < -0.3 is 19.9 Å². The number of rotatable bonds is 5. The number of anilines is 2. The molecule has 0 spiro atoms. The maximum atomic E-state index is 12.7. The van der Waals surface area contributed by atoms with Gasteiger partial charge in [0.25, 0.3) is 5.91 Å². The van der Waals surface area contributed by atoms with Crippen molar-refractivity contribution in [2.45, 2.75) is 13.0 Å². The molecule has 8 heteroatoms. The van der Waals surface area contributed by atoms with Crippen LogP contribution in [0.15, 0.2) is 36.4 Å². The third-order valence-electron chi connectivity index (χ3n) is 5.11. The molecule has 1 atom stereocenters. The highest BCUT2D eigenvalue weighted by Crippen LogP contribution is 2.32. The fraction of sp³-hybridized carbons (Fsp3) is 0.350. The summed E-state index contributed by atoms with van der Waals surface area (Å²) >= 11 is 18.1. The van der Waals surface area contributed by atoms with Crippen molar-refractivity contribution in [1.82, 2.24) is 0 Å². The van der Waals surface area contributed by atoms with Crippen molar-refractivity contribution in [3.05, 3.63) is 51.5 Å². The number of amides is 1. The summed E-state index contributed by atoms with van der Waals surface area (Å²) in [6, 6.07) is 10.9. The lowest BCUT2D eigenvalue weighted by atomic mass is 10.2. The summed E-state index contributed by atoms with van der Waals surface area (Å²) in [6.07, 6.45) is 0. The predicted molar refractivity (Wildman–Crippen MR) is 115 cm³/mol. The number of ether oxygens (including phenoxy) is 1. The number of carbonyl (C=O) groups is 1. The van der Waals surface area contributed by atoms with Crippen LogP contribution in [0, 0.1) is 0 Å². The smallest absolute Gasteiger partial charge is 0.282 e. The van der Waals surface area contributed by atoms with Crippen molar-refractivity contribution >= 4 is 52.1 Å². The van der Waals surface area contributed by atoms with E-state index in [0.717, 1.165) is 37.6 Å². The van der Waals surface area contributed by atoms with Gasteiger partial charge >= 0.3 is 0 Å². The van der Waals surface area contributed by atoms with E-state index in [0.29, 0.717) is 20.8 Å². The van der Waals surface area contributed by atoms with Crippen molar-refractivity contribution in [3.63, 3.8) is 0 Å². The summed E-state index contributed by atoms with van der Waals surface area (Å²) in [6.45, 7) is 5.32. The Bertz CT molecular complexity index is 855. The SMILES string of the molecule is COc1ccccc1N1CC[NH+]([C@@H](C)C(=O)Nc2cc(Cl)c(Cl)cc2Cl)CC1. The van der Waals surface area contributed by atoms with Gasteiger partial charge in [-0.3, -0.25) is 4.79 Å². The second kappa shape index (κ2) is 9.23. The molecule has 0 saturated carbocycles. The van der Waals surface area contributed by atoms with Crippen molar-refractivity contribution in [2.75, 3.05) is 43.5 Å². The Hall–Kier alpha value is -1.66. The van der Waals surface area contributed by atoms with Crippen molar-refractivity contribution in [2.24, 2.45) is 0 Å². The number of carbonyl (C=O) groups excluding carboxylic acids is 1. The van der Waals surface area contributed by atoms with Crippen LogP contribution in [0.25, 0.3) is 0 Å². The number of halogens is 3. The highest BCUT2D eigenvalue weighted by atomic mass is 35.5. The molecule has 1 saturated heterocycles. The van der Waals surface area contributed by atoms with E-state index in [1.54, 1.807) is 13.2 Å². The van der Waals surface area contributed by atoms with Gasteiger partial charge in [0.15, 0.2) is 6.04 Å². The fourth-order valence-electron chi connectivity index (χ4n) is 3.40. The molecular formula is C20H23Cl3N3O2+. The zero-order chi connectivity index (χ0) is 20.3. The van der Waals surface area contributed by atoms with Crippen molar-refractivity contribution in [1.29, 1.82) is 0 Å². The number of hydrogen-bond donors (Lipinski definition) is 2. The molecular weight excluding hydrogens is 421 g/mol. The molecule has 150 valence electrons. The number of methoxy groups -OCH3 is 1. The molecule has 1 aliphatic heterocycles. The summed E-state index contributed by atoms with van der Waals surface area (Å²) in [5, 5.41) is 3.95. The Morgan fingerprint density at radius 1 is 1.11 bits per heavy atom. The minimum atomic E-state index is -0.217. The minimum Gasteiger partial charge on any atom is -0.495 e. The van der Waals surface area contributed by atoms with Crippen LogP contribution in [-0.4, -0.2) is 45.2 Å². The van der Waals surface area contributed by atoms with Crippen LogP contribution in [0.5, 0.6) is 5.75 Å². The Labute approximate surface area is 180 Å². The van der Waals surface area contributed by atoms with Gasteiger partial charge in [0.2, 0.25) is 0 Å². The van der Waals surface area contributed by atoms with Crippen LogP contribution in [0.2, 0.25) is 15.1 Å². The van der Waals surface area contributed by atoms with E-state index in [1.165, 1.54) is 11.0 Å². The van der Waals surface area contributed by atoms with E-state index in [2.05, 4.69) is 16.3 Å². The van der Waals surface area contributed by atoms with E-state index < -0.39 is 0 Å². The molecule has 0 aliphatic carbocycles. The zero-order valence-electron chi connectivity index (χ0n) is 15.8. The maximum absolute atomic E-state index is 12.7. The molecule has 1 amide bonds. The molecule has 0 radical (unpaired) electrons. The van der Waals surface area contributed by atoms with Gasteiger partial charge in [0, 0.05) is 0 Å². The zero-order valence-corrected chi connectivity index (χ0v) is 18.0. The number of nitrogens with zero attached hydrogens (tertiary/aromatic N) is 1. The van der Waals surface area contributed by atoms with Gasteiger partial charge in [-0.2, -0.15) is 0 Å². The first-order valence-corrected chi connectivity index (χ1v) is 10.2. The first-order valence-electron chi connectivity index (χ1n) is 9.08. The molecule has 0 aromatic heterocycles. The second-order valence-electron chi connectivity index (χ2n) is 6.77. The van der Waals surface area contributed by atoms with Crippen molar-refractivity contribution < 1.29 is 14.4 Å². The normalized spacial score (nSPS) is 16.0. The van der Waals surface area contributed by atoms with Crippen LogP contribution in [0.4, 0.5) is 11.4 Å². The van der Waals surface area contributed by atoms with Gasteiger partial charge in [-0.1, -0.05) is 46.9 Å². The van der Waals surface area contributed by atoms with Crippen LogP contribution < -0.4 is 19.9 Å². The largest absolute Gasteiger partial charge is 0.495 e. The molecule has 1 aliphatic rings. The molecule has 0 unspecified atom stereocenters. The highest BCUT2D eigenvalue weighted by Gasteiger charge is 2.30. The average molecular weight is 444 g/mol. The van der Waals surface area contributed by atoms with Crippen LogP contribution >= 0.6 is 34.8 Å². The summed E-state index contributed by atoms with van der Waals surface area (Å²) in [7, 11) is 1.68. The van der Waals surface area contributed by atoms with E-state index in [9.17, 15) is 4.79 Å². The summed E-state index contributed by atoms with van der Waals surface area (Å²) in [5.41, 5.74) is 1.56. The van der Waals surface area contributed by atoms with E-state index >= 15 is 0 Å². The first-order chi connectivity index (χ1) is 13.4. The molecule has 2 N–H and O–H groups in total. The molecule has 1 fully saturated rings. The van der Waals surface area contributed by atoms with Gasteiger partial charge in [-0.25, -0.2) is 0 Å². The number of hydrogen-bond acceptors (Lipinski definition) is 3. The minimum absolute atomic E-state index is 0.0963. The van der Waals surface area contributed by atoms with Gasteiger partial charge in [0.1, 0.15) is 5.75 Å². The Kier molecular flexibility index (Phi) is 6.94. The number of quaternary nitrogens is 1. The third kappa shape index (κ3) is 4.66. The molecule has 28 heavy (non-hydrogen) atoms. The summed E-state index contributed by atoms with van der Waals surface area (Å²) in [5.74, 6) is 0.770.